The molecule has 3 rings (SSSR count). The zero-order chi connectivity index (χ0) is 19.9. The SMILES string of the molecule is Cc1ccc(SCCNC(=O)C2CCN(Cc3c(F)cccc3Cl)CC2)cc1. The average Bonchev–Trinajstić information content (AvgIpc) is 2.70. The number of carbonyl (C=O) groups excluding carboxylic acids is 1. The Morgan fingerprint density at radius 1 is 1.21 bits per heavy atom. The first-order valence-corrected chi connectivity index (χ1v) is 11.0. The number of piperidine rings is 1. The predicted molar refractivity (Wildman–Crippen MR) is 114 cm³/mol. The van der Waals surface area contributed by atoms with E-state index in [0.717, 1.165) is 31.7 Å². The molecule has 0 saturated carbocycles. The van der Waals surface area contributed by atoms with Crippen molar-refractivity contribution in [2.45, 2.75) is 31.2 Å². The third kappa shape index (κ3) is 5.97. The zero-order valence-corrected chi connectivity index (χ0v) is 17.7. The number of amides is 1. The van der Waals surface area contributed by atoms with Crippen LogP contribution in [0.15, 0.2) is 47.4 Å². The van der Waals surface area contributed by atoms with Crippen molar-refractivity contribution >= 4 is 29.3 Å². The Balaban J connectivity index is 1.37. The minimum Gasteiger partial charge on any atom is -0.355 e. The summed E-state index contributed by atoms with van der Waals surface area (Å²) in [7, 11) is 0. The summed E-state index contributed by atoms with van der Waals surface area (Å²) in [5.74, 6) is 0.766. The van der Waals surface area contributed by atoms with Crippen LogP contribution in [0.25, 0.3) is 0 Å². The van der Waals surface area contributed by atoms with Crippen molar-refractivity contribution in [2.75, 3.05) is 25.4 Å². The Kier molecular flexibility index (Phi) is 7.77. The third-order valence-electron chi connectivity index (χ3n) is 5.09. The molecule has 1 amide bonds. The number of likely N-dealkylation sites (tertiary alicyclic amines) is 1. The van der Waals surface area contributed by atoms with Gasteiger partial charge in [0.05, 0.1) is 0 Å². The molecule has 0 unspecified atom stereocenters. The van der Waals surface area contributed by atoms with E-state index in [1.807, 2.05) is 0 Å². The van der Waals surface area contributed by atoms with Gasteiger partial charge in [0.1, 0.15) is 5.82 Å². The standard InChI is InChI=1S/C22H26ClFN2OS/c1-16-5-7-18(8-6-16)28-14-11-25-22(27)17-9-12-26(13-10-17)15-19-20(23)3-2-4-21(19)24/h2-8,17H,9-15H2,1H3,(H,25,27). The van der Waals surface area contributed by atoms with Gasteiger partial charge < -0.3 is 5.32 Å². The van der Waals surface area contributed by atoms with E-state index < -0.39 is 0 Å². The van der Waals surface area contributed by atoms with Gasteiger partial charge in [0.15, 0.2) is 0 Å². The van der Waals surface area contributed by atoms with Gasteiger partial charge in [0.2, 0.25) is 5.91 Å². The Labute approximate surface area is 175 Å². The van der Waals surface area contributed by atoms with Gasteiger partial charge >= 0.3 is 0 Å². The van der Waals surface area contributed by atoms with Crippen molar-refractivity contribution in [2.24, 2.45) is 5.92 Å². The molecular formula is C22H26ClFN2OS. The lowest BCUT2D eigenvalue weighted by molar-refractivity contribution is -0.126. The van der Waals surface area contributed by atoms with Crippen LogP contribution in [0.1, 0.15) is 24.0 Å². The molecule has 1 N–H and O–H groups in total. The highest BCUT2D eigenvalue weighted by molar-refractivity contribution is 7.99. The first kappa shape index (κ1) is 21.2. The maximum Gasteiger partial charge on any atom is 0.223 e. The monoisotopic (exact) mass is 420 g/mol. The van der Waals surface area contributed by atoms with Crippen molar-refractivity contribution < 1.29 is 9.18 Å². The lowest BCUT2D eigenvalue weighted by Gasteiger charge is -2.31. The molecule has 0 spiro atoms. The number of nitrogens with zero attached hydrogens (tertiary/aromatic N) is 1. The smallest absolute Gasteiger partial charge is 0.223 e. The fourth-order valence-corrected chi connectivity index (χ4v) is 4.37. The number of benzene rings is 2. The minimum atomic E-state index is -0.265. The number of thioether (sulfide) groups is 1. The Morgan fingerprint density at radius 3 is 2.61 bits per heavy atom. The molecule has 0 bridgehead atoms. The number of carbonyl (C=O) groups is 1. The average molecular weight is 421 g/mol. The quantitative estimate of drug-likeness (QED) is 0.510. The van der Waals surface area contributed by atoms with Gasteiger partial charge in [0, 0.05) is 40.2 Å². The first-order valence-electron chi connectivity index (χ1n) is 9.65. The number of nitrogens with one attached hydrogen (secondary N) is 1. The topological polar surface area (TPSA) is 32.3 Å². The molecule has 1 heterocycles. The molecule has 0 radical (unpaired) electrons. The molecule has 2 aromatic rings. The maximum atomic E-state index is 13.9. The second-order valence-corrected chi connectivity index (χ2v) is 8.78. The summed E-state index contributed by atoms with van der Waals surface area (Å²) < 4.78 is 13.9. The van der Waals surface area contributed by atoms with E-state index in [9.17, 15) is 9.18 Å². The van der Waals surface area contributed by atoms with Crippen molar-refractivity contribution in [3.8, 4) is 0 Å². The molecule has 1 aliphatic heterocycles. The van der Waals surface area contributed by atoms with E-state index in [2.05, 4.69) is 41.4 Å². The number of aryl methyl sites for hydroxylation is 1. The summed E-state index contributed by atoms with van der Waals surface area (Å²) in [4.78, 5) is 15.8. The largest absolute Gasteiger partial charge is 0.355 e. The van der Waals surface area contributed by atoms with Crippen molar-refractivity contribution in [3.05, 3.63) is 64.4 Å². The molecule has 6 heteroatoms. The number of halogens is 2. The molecule has 1 fully saturated rings. The Hall–Kier alpha value is -1.56. The van der Waals surface area contributed by atoms with E-state index in [4.69, 9.17) is 11.6 Å². The fourth-order valence-electron chi connectivity index (χ4n) is 3.38. The lowest BCUT2D eigenvalue weighted by atomic mass is 9.95. The highest BCUT2D eigenvalue weighted by atomic mass is 35.5. The molecule has 1 saturated heterocycles. The number of hydrogen-bond acceptors (Lipinski definition) is 3. The zero-order valence-electron chi connectivity index (χ0n) is 16.1. The molecule has 2 aromatic carbocycles. The predicted octanol–water partition coefficient (Wildman–Crippen LogP) is 4.91. The van der Waals surface area contributed by atoms with Crippen LogP contribution in [0.2, 0.25) is 5.02 Å². The Bertz CT molecular complexity index is 771. The number of hydrogen-bond donors (Lipinski definition) is 1. The molecule has 28 heavy (non-hydrogen) atoms. The van der Waals surface area contributed by atoms with E-state index in [1.165, 1.54) is 16.5 Å². The normalized spacial score (nSPS) is 15.5. The second-order valence-electron chi connectivity index (χ2n) is 7.20. The van der Waals surface area contributed by atoms with Crippen LogP contribution in [-0.4, -0.2) is 36.2 Å². The van der Waals surface area contributed by atoms with Crippen LogP contribution in [0.3, 0.4) is 0 Å². The van der Waals surface area contributed by atoms with Gasteiger partial charge in [-0.1, -0.05) is 35.4 Å². The molecular weight excluding hydrogens is 395 g/mol. The van der Waals surface area contributed by atoms with Gasteiger partial charge in [-0.2, -0.15) is 0 Å². The molecule has 0 aliphatic carbocycles. The molecule has 150 valence electrons. The van der Waals surface area contributed by atoms with Crippen molar-refractivity contribution in [1.29, 1.82) is 0 Å². The van der Waals surface area contributed by atoms with Crippen molar-refractivity contribution in [3.63, 3.8) is 0 Å². The maximum absolute atomic E-state index is 13.9. The van der Waals surface area contributed by atoms with E-state index in [1.54, 1.807) is 23.9 Å². The summed E-state index contributed by atoms with van der Waals surface area (Å²) in [6, 6.07) is 13.2. The molecule has 0 atom stereocenters. The van der Waals surface area contributed by atoms with E-state index in [-0.39, 0.29) is 17.6 Å². The summed E-state index contributed by atoms with van der Waals surface area (Å²) in [6.45, 7) is 4.79. The van der Waals surface area contributed by atoms with Gasteiger partial charge in [0.25, 0.3) is 0 Å². The number of rotatable bonds is 7. The van der Waals surface area contributed by atoms with Crippen LogP contribution in [0.5, 0.6) is 0 Å². The van der Waals surface area contributed by atoms with Crippen LogP contribution in [-0.2, 0) is 11.3 Å². The summed E-state index contributed by atoms with van der Waals surface area (Å²) in [5.41, 5.74) is 1.79. The fraction of sp³-hybridized carbons (Fsp3) is 0.409. The third-order valence-corrected chi connectivity index (χ3v) is 6.46. The lowest BCUT2D eigenvalue weighted by Crippen LogP contribution is -2.40. The first-order chi connectivity index (χ1) is 13.5. The molecule has 1 aliphatic rings. The van der Waals surface area contributed by atoms with Gasteiger partial charge in [-0.3, -0.25) is 9.69 Å². The summed E-state index contributed by atoms with van der Waals surface area (Å²) >= 11 is 7.87. The molecule has 3 nitrogen and oxygen atoms in total. The van der Waals surface area contributed by atoms with Crippen LogP contribution < -0.4 is 5.32 Å². The van der Waals surface area contributed by atoms with Gasteiger partial charge in [-0.15, -0.1) is 11.8 Å². The van der Waals surface area contributed by atoms with Gasteiger partial charge in [-0.25, -0.2) is 4.39 Å². The Morgan fingerprint density at radius 2 is 1.93 bits per heavy atom. The second kappa shape index (κ2) is 10.3. The summed E-state index contributed by atoms with van der Waals surface area (Å²) in [6.07, 6.45) is 1.59. The minimum absolute atomic E-state index is 0.0386. The van der Waals surface area contributed by atoms with E-state index in [0.29, 0.717) is 23.7 Å². The van der Waals surface area contributed by atoms with E-state index >= 15 is 0 Å². The molecule has 0 aromatic heterocycles. The van der Waals surface area contributed by atoms with Crippen LogP contribution in [0.4, 0.5) is 4.39 Å². The van der Waals surface area contributed by atoms with Crippen LogP contribution >= 0.6 is 23.4 Å². The summed E-state index contributed by atoms with van der Waals surface area (Å²) in [5, 5.41) is 3.52. The van der Waals surface area contributed by atoms with Crippen molar-refractivity contribution in [1.82, 2.24) is 10.2 Å². The highest BCUT2D eigenvalue weighted by Gasteiger charge is 2.25. The van der Waals surface area contributed by atoms with Gasteiger partial charge in [-0.05, 0) is 57.1 Å². The van der Waals surface area contributed by atoms with Crippen LogP contribution in [0, 0.1) is 18.7 Å². The highest BCUT2D eigenvalue weighted by Crippen LogP contribution is 2.24.